The molecule has 1 aromatic heterocycles. The predicted molar refractivity (Wildman–Crippen MR) is 129 cm³/mol. The van der Waals surface area contributed by atoms with Gasteiger partial charge >= 0.3 is 6.03 Å². The number of nitrogens with zero attached hydrogens (tertiary/aromatic N) is 2. The van der Waals surface area contributed by atoms with Gasteiger partial charge in [0.15, 0.2) is 0 Å². The molecule has 33 heavy (non-hydrogen) atoms. The number of carbonyl (C=O) groups excluding carboxylic acids is 2. The van der Waals surface area contributed by atoms with Gasteiger partial charge in [-0.05, 0) is 5.92 Å². The number of anilines is 2. The molecule has 2 atom stereocenters. The molecule has 1 heterocycles. The SMILES string of the molecule is CC[C@@H](C)[C@@H](NC(=O)Nc1cc(OC)cc(OC)c1)C(=O)Nc1nnc(-c2ccccc2)s1. The minimum atomic E-state index is -0.772. The van der Waals surface area contributed by atoms with Crippen LogP contribution in [0.1, 0.15) is 20.3 Å². The van der Waals surface area contributed by atoms with Crippen molar-refractivity contribution in [3.05, 3.63) is 48.5 Å². The lowest BCUT2D eigenvalue weighted by Crippen LogP contribution is -2.49. The van der Waals surface area contributed by atoms with Crippen LogP contribution in [-0.2, 0) is 4.79 Å². The van der Waals surface area contributed by atoms with Crippen LogP contribution in [0.3, 0.4) is 0 Å². The quantitative estimate of drug-likeness (QED) is 0.428. The van der Waals surface area contributed by atoms with Crippen LogP contribution in [0.25, 0.3) is 10.6 Å². The lowest BCUT2D eigenvalue weighted by Gasteiger charge is -2.23. The van der Waals surface area contributed by atoms with E-state index in [2.05, 4.69) is 26.1 Å². The Morgan fingerprint density at radius 3 is 2.27 bits per heavy atom. The summed E-state index contributed by atoms with van der Waals surface area (Å²) in [7, 11) is 3.05. The number of hydrogen-bond acceptors (Lipinski definition) is 7. The Kier molecular flexibility index (Phi) is 8.20. The second-order valence-electron chi connectivity index (χ2n) is 7.33. The molecule has 0 aliphatic carbocycles. The molecule has 0 spiro atoms. The first-order valence-electron chi connectivity index (χ1n) is 10.4. The van der Waals surface area contributed by atoms with Crippen LogP contribution in [0, 0.1) is 5.92 Å². The highest BCUT2D eigenvalue weighted by Crippen LogP contribution is 2.27. The summed E-state index contributed by atoms with van der Waals surface area (Å²) in [5.41, 5.74) is 1.39. The van der Waals surface area contributed by atoms with Crippen molar-refractivity contribution < 1.29 is 19.1 Å². The second-order valence-corrected chi connectivity index (χ2v) is 8.31. The summed E-state index contributed by atoms with van der Waals surface area (Å²) < 4.78 is 10.5. The maximum atomic E-state index is 13.0. The van der Waals surface area contributed by atoms with E-state index in [-0.39, 0.29) is 11.8 Å². The van der Waals surface area contributed by atoms with Crippen LogP contribution in [0.15, 0.2) is 48.5 Å². The number of hydrogen-bond donors (Lipinski definition) is 3. The molecule has 3 rings (SSSR count). The number of nitrogens with one attached hydrogen (secondary N) is 3. The van der Waals surface area contributed by atoms with Gasteiger partial charge in [0, 0.05) is 29.4 Å². The molecular formula is C23H27N5O4S. The molecule has 0 bridgehead atoms. The monoisotopic (exact) mass is 469 g/mol. The summed E-state index contributed by atoms with van der Waals surface area (Å²) in [6.07, 6.45) is 0.691. The van der Waals surface area contributed by atoms with Crippen molar-refractivity contribution in [1.82, 2.24) is 15.5 Å². The van der Waals surface area contributed by atoms with E-state index in [0.29, 0.717) is 33.7 Å². The molecule has 2 aromatic carbocycles. The van der Waals surface area contributed by atoms with E-state index < -0.39 is 12.1 Å². The Hall–Kier alpha value is -3.66. The van der Waals surface area contributed by atoms with E-state index in [1.807, 2.05) is 44.2 Å². The first kappa shape index (κ1) is 24.0. The van der Waals surface area contributed by atoms with Gasteiger partial charge in [-0.3, -0.25) is 10.1 Å². The fourth-order valence-electron chi connectivity index (χ4n) is 3.04. The fourth-order valence-corrected chi connectivity index (χ4v) is 3.80. The summed E-state index contributed by atoms with van der Waals surface area (Å²) in [5, 5.41) is 17.5. The summed E-state index contributed by atoms with van der Waals surface area (Å²) in [5.74, 6) is 0.591. The first-order chi connectivity index (χ1) is 15.9. The molecule has 0 aliphatic heterocycles. The van der Waals surface area contributed by atoms with Gasteiger partial charge in [0.25, 0.3) is 0 Å². The number of rotatable bonds is 9. The minimum Gasteiger partial charge on any atom is -0.497 e. The zero-order valence-corrected chi connectivity index (χ0v) is 19.7. The third-order valence-electron chi connectivity index (χ3n) is 5.07. The predicted octanol–water partition coefficient (Wildman–Crippen LogP) is 4.40. The highest BCUT2D eigenvalue weighted by atomic mass is 32.1. The summed E-state index contributed by atoms with van der Waals surface area (Å²) in [6.45, 7) is 3.85. The molecule has 3 aromatic rings. The maximum absolute atomic E-state index is 13.0. The van der Waals surface area contributed by atoms with Crippen LogP contribution < -0.4 is 25.4 Å². The number of methoxy groups -OCH3 is 2. The summed E-state index contributed by atoms with van der Waals surface area (Å²) in [4.78, 5) is 25.7. The molecule has 3 N–H and O–H groups in total. The lowest BCUT2D eigenvalue weighted by atomic mass is 9.98. The van der Waals surface area contributed by atoms with Crippen LogP contribution in [0.2, 0.25) is 0 Å². The van der Waals surface area contributed by atoms with Crippen LogP contribution in [0.4, 0.5) is 15.6 Å². The normalized spacial score (nSPS) is 12.4. The van der Waals surface area contributed by atoms with Crippen molar-refractivity contribution in [2.45, 2.75) is 26.3 Å². The lowest BCUT2D eigenvalue weighted by molar-refractivity contribution is -0.119. The molecule has 0 saturated heterocycles. The van der Waals surface area contributed by atoms with Gasteiger partial charge in [-0.2, -0.15) is 0 Å². The molecule has 174 valence electrons. The fraction of sp³-hybridized carbons (Fsp3) is 0.304. The minimum absolute atomic E-state index is 0.114. The van der Waals surface area contributed by atoms with Crippen molar-refractivity contribution in [3.8, 4) is 22.1 Å². The number of ether oxygens (including phenoxy) is 2. The van der Waals surface area contributed by atoms with Gasteiger partial charge in [-0.15, -0.1) is 10.2 Å². The van der Waals surface area contributed by atoms with Gasteiger partial charge in [-0.25, -0.2) is 4.79 Å². The maximum Gasteiger partial charge on any atom is 0.319 e. The number of benzene rings is 2. The van der Waals surface area contributed by atoms with Gasteiger partial charge < -0.3 is 20.1 Å². The van der Waals surface area contributed by atoms with Crippen LogP contribution in [-0.4, -0.2) is 42.4 Å². The highest BCUT2D eigenvalue weighted by Gasteiger charge is 2.27. The average molecular weight is 470 g/mol. The van der Waals surface area contributed by atoms with E-state index in [0.717, 1.165) is 5.56 Å². The summed E-state index contributed by atoms with van der Waals surface area (Å²) >= 11 is 1.27. The van der Waals surface area contributed by atoms with Crippen molar-refractivity contribution in [2.24, 2.45) is 5.92 Å². The van der Waals surface area contributed by atoms with Crippen molar-refractivity contribution in [2.75, 3.05) is 24.9 Å². The molecule has 9 nitrogen and oxygen atoms in total. The van der Waals surface area contributed by atoms with E-state index in [1.165, 1.54) is 25.6 Å². The molecule has 0 saturated carbocycles. The second kappa shape index (κ2) is 11.3. The Bertz CT molecular complexity index is 1070. The zero-order chi connectivity index (χ0) is 23.8. The third-order valence-corrected chi connectivity index (χ3v) is 5.95. The topological polar surface area (TPSA) is 114 Å². The molecule has 3 amide bonds. The Morgan fingerprint density at radius 2 is 1.67 bits per heavy atom. The van der Waals surface area contributed by atoms with Crippen LogP contribution in [0.5, 0.6) is 11.5 Å². The van der Waals surface area contributed by atoms with Gasteiger partial charge in [0.05, 0.1) is 14.2 Å². The Morgan fingerprint density at radius 1 is 1.00 bits per heavy atom. The standard InChI is InChI=1S/C23H27N5O4S/c1-5-14(2)19(25-22(30)24-16-11-17(31-3)13-18(12-16)32-4)20(29)26-23-28-27-21(33-23)15-9-7-6-8-10-15/h6-14,19H,5H2,1-4H3,(H2,24,25,30)(H,26,28,29)/t14-,19-/m1/s1. The smallest absolute Gasteiger partial charge is 0.319 e. The molecule has 10 heteroatoms. The van der Waals surface area contributed by atoms with Crippen LogP contribution >= 0.6 is 11.3 Å². The van der Waals surface area contributed by atoms with E-state index >= 15 is 0 Å². The molecular weight excluding hydrogens is 442 g/mol. The van der Waals surface area contributed by atoms with E-state index in [9.17, 15) is 9.59 Å². The molecule has 0 unspecified atom stereocenters. The highest BCUT2D eigenvalue weighted by molar-refractivity contribution is 7.18. The Balaban J connectivity index is 1.69. The van der Waals surface area contributed by atoms with Gasteiger partial charge in [0.1, 0.15) is 22.5 Å². The van der Waals surface area contributed by atoms with Crippen molar-refractivity contribution >= 4 is 34.1 Å². The molecule has 0 fully saturated rings. The van der Waals surface area contributed by atoms with Crippen molar-refractivity contribution in [1.29, 1.82) is 0 Å². The Labute approximate surface area is 196 Å². The third kappa shape index (κ3) is 6.42. The van der Waals surface area contributed by atoms with E-state index in [1.54, 1.807) is 18.2 Å². The molecule has 0 aliphatic rings. The number of urea groups is 1. The van der Waals surface area contributed by atoms with Gasteiger partial charge in [0.2, 0.25) is 11.0 Å². The average Bonchev–Trinajstić information content (AvgIpc) is 3.30. The largest absolute Gasteiger partial charge is 0.497 e. The van der Waals surface area contributed by atoms with Gasteiger partial charge in [-0.1, -0.05) is 61.9 Å². The van der Waals surface area contributed by atoms with Crippen molar-refractivity contribution in [3.63, 3.8) is 0 Å². The zero-order valence-electron chi connectivity index (χ0n) is 18.9. The molecule has 0 radical (unpaired) electrons. The van der Waals surface area contributed by atoms with E-state index in [4.69, 9.17) is 9.47 Å². The number of aromatic nitrogens is 2. The number of carbonyl (C=O) groups is 2. The number of amides is 3. The summed E-state index contributed by atoms with van der Waals surface area (Å²) in [6, 6.07) is 13.3. The first-order valence-corrected chi connectivity index (χ1v) is 11.3.